The van der Waals surface area contributed by atoms with Gasteiger partial charge in [0.2, 0.25) is 0 Å². The third kappa shape index (κ3) is 2.45. The Hall–Kier alpha value is -2.49. The molecule has 1 aliphatic rings. The van der Waals surface area contributed by atoms with Gasteiger partial charge in [-0.1, -0.05) is 24.3 Å². The van der Waals surface area contributed by atoms with E-state index in [0.29, 0.717) is 5.56 Å². The molecule has 3 nitrogen and oxygen atoms in total. The maximum absolute atomic E-state index is 12.8. The number of hydrogen-bond donors (Lipinski definition) is 1. The van der Waals surface area contributed by atoms with Crippen molar-refractivity contribution in [3.05, 3.63) is 71.0 Å². The Bertz CT molecular complexity index is 677. The average Bonchev–Trinajstić information content (AvgIpc) is 2.89. The van der Waals surface area contributed by atoms with Crippen molar-refractivity contribution in [2.75, 3.05) is 0 Å². The predicted octanol–water partition coefficient (Wildman–Crippen LogP) is 2.91. The van der Waals surface area contributed by atoms with E-state index in [-0.39, 0.29) is 11.7 Å². The standard InChI is InChI=1S/C16H13FN2O/c17-13-8-5-12(6-9-13)16(20)19-18-15-10-7-11-3-1-2-4-14(11)15/h1-6,8-9H,7,10H2,(H,19,20)/b18-15+. The highest BCUT2D eigenvalue weighted by atomic mass is 19.1. The van der Waals surface area contributed by atoms with Crippen molar-refractivity contribution in [2.24, 2.45) is 5.10 Å². The van der Waals surface area contributed by atoms with E-state index in [9.17, 15) is 9.18 Å². The maximum atomic E-state index is 12.8. The van der Waals surface area contributed by atoms with Gasteiger partial charge < -0.3 is 0 Å². The second-order valence-corrected chi connectivity index (χ2v) is 4.66. The number of halogens is 1. The Balaban J connectivity index is 1.75. The summed E-state index contributed by atoms with van der Waals surface area (Å²) in [6.07, 6.45) is 1.77. The Labute approximate surface area is 116 Å². The lowest BCUT2D eigenvalue weighted by Crippen LogP contribution is -2.19. The third-order valence-corrected chi connectivity index (χ3v) is 3.36. The molecule has 0 aromatic heterocycles. The minimum absolute atomic E-state index is 0.332. The quantitative estimate of drug-likeness (QED) is 0.836. The maximum Gasteiger partial charge on any atom is 0.271 e. The first-order valence-electron chi connectivity index (χ1n) is 6.45. The second-order valence-electron chi connectivity index (χ2n) is 4.66. The highest BCUT2D eigenvalue weighted by Gasteiger charge is 2.17. The number of rotatable bonds is 2. The Morgan fingerprint density at radius 3 is 2.60 bits per heavy atom. The highest BCUT2D eigenvalue weighted by molar-refractivity contribution is 6.05. The first kappa shape index (κ1) is 12.5. The average molecular weight is 268 g/mol. The van der Waals surface area contributed by atoms with Crippen LogP contribution in [0.1, 0.15) is 27.9 Å². The fraction of sp³-hybridized carbons (Fsp3) is 0.125. The van der Waals surface area contributed by atoms with E-state index in [0.717, 1.165) is 24.1 Å². The van der Waals surface area contributed by atoms with Gasteiger partial charge in [0, 0.05) is 11.1 Å². The fourth-order valence-corrected chi connectivity index (χ4v) is 2.31. The molecule has 0 saturated heterocycles. The van der Waals surface area contributed by atoms with Crippen molar-refractivity contribution in [3.8, 4) is 0 Å². The predicted molar refractivity (Wildman–Crippen MR) is 75.2 cm³/mol. The molecule has 2 aromatic carbocycles. The second kappa shape index (κ2) is 5.25. The van der Waals surface area contributed by atoms with E-state index in [4.69, 9.17) is 0 Å². The van der Waals surface area contributed by atoms with Gasteiger partial charge in [-0.2, -0.15) is 5.10 Å². The van der Waals surface area contributed by atoms with E-state index in [1.807, 2.05) is 18.2 Å². The van der Waals surface area contributed by atoms with Crippen molar-refractivity contribution in [1.82, 2.24) is 5.43 Å². The molecule has 1 amide bonds. The van der Waals surface area contributed by atoms with Crippen LogP contribution in [0.4, 0.5) is 4.39 Å². The summed E-state index contributed by atoms with van der Waals surface area (Å²) < 4.78 is 12.8. The minimum atomic E-state index is -0.363. The molecule has 0 unspecified atom stereocenters. The number of fused-ring (bicyclic) bond motifs is 1. The van der Waals surface area contributed by atoms with Gasteiger partial charge in [0.1, 0.15) is 5.82 Å². The summed E-state index contributed by atoms with van der Waals surface area (Å²) in [5.74, 6) is -0.695. The number of amides is 1. The minimum Gasteiger partial charge on any atom is -0.267 e. The van der Waals surface area contributed by atoms with E-state index >= 15 is 0 Å². The van der Waals surface area contributed by atoms with Gasteiger partial charge in [-0.3, -0.25) is 4.79 Å². The van der Waals surface area contributed by atoms with Gasteiger partial charge in [0.15, 0.2) is 0 Å². The van der Waals surface area contributed by atoms with Crippen molar-refractivity contribution in [1.29, 1.82) is 0 Å². The Morgan fingerprint density at radius 2 is 1.80 bits per heavy atom. The number of benzene rings is 2. The first-order valence-corrected chi connectivity index (χ1v) is 6.45. The SMILES string of the molecule is O=C(N/N=C1\CCc2ccccc21)c1ccc(F)cc1. The van der Waals surface area contributed by atoms with Crippen LogP contribution in [0.15, 0.2) is 53.6 Å². The fourth-order valence-electron chi connectivity index (χ4n) is 2.31. The number of carbonyl (C=O) groups excluding carboxylic acids is 1. The Morgan fingerprint density at radius 1 is 1.05 bits per heavy atom. The van der Waals surface area contributed by atoms with Crippen molar-refractivity contribution < 1.29 is 9.18 Å². The number of nitrogens with one attached hydrogen (secondary N) is 1. The molecule has 0 heterocycles. The molecule has 0 aliphatic heterocycles. The first-order chi connectivity index (χ1) is 9.74. The van der Waals surface area contributed by atoms with Crippen LogP contribution in [0.3, 0.4) is 0 Å². The molecule has 0 saturated carbocycles. The summed E-state index contributed by atoms with van der Waals surface area (Å²) in [7, 11) is 0. The van der Waals surface area contributed by atoms with Gasteiger partial charge >= 0.3 is 0 Å². The van der Waals surface area contributed by atoms with Crippen molar-refractivity contribution in [3.63, 3.8) is 0 Å². The smallest absolute Gasteiger partial charge is 0.267 e. The molecule has 0 atom stereocenters. The molecule has 0 bridgehead atoms. The van der Waals surface area contributed by atoms with E-state index < -0.39 is 0 Å². The molecule has 4 heteroatoms. The van der Waals surface area contributed by atoms with Crippen LogP contribution >= 0.6 is 0 Å². The molecule has 1 N–H and O–H groups in total. The summed E-state index contributed by atoms with van der Waals surface area (Å²) in [5.41, 5.74) is 6.15. The van der Waals surface area contributed by atoms with Crippen LogP contribution in [0, 0.1) is 5.82 Å². The molecule has 0 spiro atoms. The molecule has 100 valence electrons. The molecule has 3 rings (SSSR count). The number of carbonyl (C=O) groups is 1. The zero-order valence-electron chi connectivity index (χ0n) is 10.8. The van der Waals surface area contributed by atoms with Gasteiger partial charge in [-0.05, 0) is 42.7 Å². The number of aryl methyl sites for hydroxylation is 1. The molecule has 0 radical (unpaired) electrons. The van der Waals surface area contributed by atoms with Crippen LogP contribution in [-0.4, -0.2) is 11.6 Å². The molecular weight excluding hydrogens is 255 g/mol. The summed E-state index contributed by atoms with van der Waals surface area (Å²) in [4.78, 5) is 11.9. The van der Waals surface area contributed by atoms with Gasteiger partial charge in [0.25, 0.3) is 5.91 Å². The zero-order valence-corrected chi connectivity index (χ0v) is 10.8. The van der Waals surface area contributed by atoms with Gasteiger partial charge in [-0.15, -0.1) is 0 Å². The monoisotopic (exact) mass is 268 g/mol. The molecule has 1 aliphatic carbocycles. The number of nitrogens with zero attached hydrogens (tertiary/aromatic N) is 1. The molecule has 2 aromatic rings. The number of hydrogen-bond acceptors (Lipinski definition) is 2. The molecule has 0 fully saturated rings. The topological polar surface area (TPSA) is 41.5 Å². The van der Waals surface area contributed by atoms with E-state index in [1.54, 1.807) is 0 Å². The lowest BCUT2D eigenvalue weighted by Gasteiger charge is -2.02. The summed E-state index contributed by atoms with van der Waals surface area (Å²) in [5, 5.41) is 4.19. The van der Waals surface area contributed by atoms with Crippen molar-refractivity contribution in [2.45, 2.75) is 12.8 Å². The summed E-state index contributed by atoms with van der Waals surface area (Å²) in [6, 6.07) is 13.4. The van der Waals surface area contributed by atoms with Crippen LogP contribution < -0.4 is 5.43 Å². The van der Waals surface area contributed by atoms with Crippen LogP contribution in [0.25, 0.3) is 0 Å². The third-order valence-electron chi connectivity index (χ3n) is 3.36. The summed E-state index contributed by atoms with van der Waals surface area (Å²) in [6.45, 7) is 0. The lowest BCUT2D eigenvalue weighted by molar-refractivity contribution is 0.0955. The largest absolute Gasteiger partial charge is 0.271 e. The van der Waals surface area contributed by atoms with E-state index in [1.165, 1.54) is 29.8 Å². The number of hydrazone groups is 1. The Kier molecular flexibility index (Phi) is 3.29. The lowest BCUT2D eigenvalue weighted by atomic mass is 10.1. The van der Waals surface area contributed by atoms with Gasteiger partial charge in [-0.25, -0.2) is 9.82 Å². The van der Waals surface area contributed by atoms with Gasteiger partial charge in [0.05, 0.1) is 5.71 Å². The van der Waals surface area contributed by atoms with Crippen LogP contribution in [0.5, 0.6) is 0 Å². The van der Waals surface area contributed by atoms with Crippen LogP contribution in [-0.2, 0) is 6.42 Å². The van der Waals surface area contributed by atoms with Crippen LogP contribution in [0.2, 0.25) is 0 Å². The normalized spacial score (nSPS) is 15.2. The van der Waals surface area contributed by atoms with Crippen molar-refractivity contribution >= 4 is 11.6 Å². The van der Waals surface area contributed by atoms with E-state index in [2.05, 4.69) is 16.6 Å². The zero-order chi connectivity index (χ0) is 13.9. The molecular formula is C16H13FN2O. The molecule has 20 heavy (non-hydrogen) atoms. The highest BCUT2D eigenvalue weighted by Crippen LogP contribution is 2.21. The summed E-state index contributed by atoms with van der Waals surface area (Å²) >= 11 is 0.